The lowest BCUT2D eigenvalue weighted by Gasteiger charge is -2.12. The summed E-state index contributed by atoms with van der Waals surface area (Å²) in [5.74, 6) is 0.158. The third-order valence-electron chi connectivity index (χ3n) is 4.24. The Morgan fingerprint density at radius 1 is 1.21 bits per heavy atom. The summed E-state index contributed by atoms with van der Waals surface area (Å²) in [6, 6.07) is 13.6. The third-order valence-corrected chi connectivity index (χ3v) is 4.24. The van der Waals surface area contributed by atoms with Crippen molar-refractivity contribution >= 4 is 11.6 Å². The van der Waals surface area contributed by atoms with Gasteiger partial charge in [0, 0.05) is 23.7 Å². The molecule has 1 aliphatic rings. The zero-order chi connectivity index (χ0) is 16.9. The van der Waals surface area contributed by atoms with E-state index in [9.17, 15) is 9.18 Å². The number of hydrogen-bond donors (Lipinski definition) is 2. The van der Waals surface area contributed by atoms with E-state index in [1.807, 2.05) is 24.3 Å². The number of benzene rings is 2. The number of carbonyl (C=O) groups excluding carboxylic acids is 1. The number of carbonyl (C=O) groups is 1. The highest BCUT2D eigenvalue weighted by atomic mass is 19.1. The maximum atomic E-state index is 13.1. The van der Waals surface area contributed by atoms with Gasteiger partial charge in [-0.1, -0.05) is 18.2 Å². The Morgan fingerprint density at radius 2 is 2.04 bits per heavy atom. The number of nitrogens with two attached hydrogens (primary N) is 1. The number of anilines is 1. The molecule has 5 heteroatoms. The highest BCUT2D eigenvalue weighted by molar-refractivity contribution is 5.92. The van der Waals surface area contributed by atoms with Gasteiger partial charge in [0.25, 0.3) is 0 Å². The molecule has 1 amide bonds. The number of halogens is 1. The largest absolute Gasteiger partial charge is 0.489 e. The Bertz CT molecular complexity index is 720. The first kappa shape index (κ1) is 16.5. The predicted molar refractivity (Wildman–Crippen MR) is 91.1 cm³/mol. The van der Waals surface area contributed by atoms with Gasteiger partial charge in [-0.05, 0) is 49.1 Å². The third kappa shape index (κ3) is 4.32. The highest BCUT2D eigenvalue weighted by Gasteiger charge is 2.27. The topological polar surface area (TPSA) is 64.4 Å². The highest BCUT2D eigenvalue weighted by Crippen LogP contribution is 2.25. The van der Waals surface area contributed by atoms with Crippen LogP contribution < -0.4 is 15.8 Å². The van der Waals surface area contributed by atoms with Crippen LogP contribution in [-0.2, 0) is 11.4 Å². The Hall–Kier alpha value is -2.40. The average molecular weight is 328 g/mol. The van der Waals surface area contributed by atoms with Crippen molar-refractivity contribution in [3.63, 3.8) is 0 Å². The van der Waals surface area contributed by atoms with Crippen LogP contribution in [0.4, 0.5) is 10.1 Å². The summed E-state index contributed by atoms with van der Waals surface area (Å²) >= 11 is 0. The molecule has 1 saturated carbocycles. The van der Waals surface area contributed by atoms with Gasteiger partial charge in [0.2, 0.25) is 5.91 Å². The molecule has 3 N–H and O–H groups in total. The van der Waals surface area contributed by atoms with Crippen molar-refractivity contribution < 1.29 is 13.9 Å². The first-order chi connectivity index (χ1) is 11.6. The van der Waals surface area contributed by atoms with Crippen LogP contribution >= 0.6 is 0 Å². The van der Waals surface area contributed by atoms with E-state index in [0.29, 0.717) is 12.4 Å². The molecule has 126 valence electrons. The van der Waals surface area contributed by atoms with Crippen LogP contribution in [-0.4, -0.2) is 11.9 Å². The average Bonchev–Trinajstić information content (AvgIpc) is 3.00. The second kappa shape index (κ2) is 7.45. The van der Waals surface area contributed by atoms with Crippen LogP contribution in [0.2, 0.25) is 0 Å². The van der Waals surface area contributed by atoms with Gasteiger partial charge >= 0.3 is 0 Å². The van der Waals surface area contributed by atoms with Crippen LogP contribution in [0.5, 0.6) is 5.75 Å². The van der Waals surface area contributed by atoms with Crippen molar-refractivity contribution in [2.75, 3.05) is 5.32 Å². The van der Waals surface area contributed by atoms with Crippen LogP contribution in [0.1, 0.15) is 24.8 Å². The molecule has 3 rings (SSSR count). The summed E-state index contributed by atoms with van der Waals surface area (Å²) in [5, 5.41) is 2.94. The summed E-state index contributed by atoms with van der Waals surface area (Å²) in [6.45, 7) is 0.307. The van der Waals surface area contributed by atoms with Crippen molar-refractivity contribution in [2.24, 2.45) is 11.7 Å². The molecule has 2 unspecified atom stereocenters. The summed E-state index contributed by atoms with van der Waals surface area (Å²) < 4.78 is 18.7. The molecule has 0 heterocycles. The molecule has 1 fully saturated rings. The molecule has 0 aliphatic heterocycles. The fourth-order valence-electron chi connectivity index (χ4n) is 2.96. The van der Waals surface area contributed by atoms with Crippen molar-refractivity contribution in [1.29, 1.82) is 0 Å². The lowest BCUT2D eigenvalue weighted by Crippen LogP contribution is -2.23. The van der Waals surface area contributed by atoms with Crippen molar-refractivity contribution in [3.05, 3.63) is 59.9 Å². The molecule has 4 nitrogen and oxygen atoms in total. The van der Waals surface area contributed by atoms with E-state index in [1.165, 1.54) is 12.1 Å². The second-order valence-corrected chi connectivity index (χ2v) is 6.21. The van der Waals surface area contributed by atoms with Gasteiger partial charge in [-0.15, -0.1) is 0 Å². The van der Waals surface area contributed by atoms with Crippen LogP contribution in [0.15, 0.2) is 48.5 Å². The van der Waals surface area contributed by atoms with Gasteiger partial charge in [0.1, 0.15) is 18.2 Å². The molecule has 2 aromatic rings. The van der Waals surface area contributed by atoms with E-state index in [4.69, 9.17) is 10.5 Å². The quantitative estimate of drug-likeness (QED) is 0.883. The van der Waals surface area contributed by atoms with E-state index in [2.05, 4.69) is 5.32 Å². The fourth-order valence-corrected chi connectivity index (χ4v) is 2.96. The van der Waals surface area contributed by atoms with E-state index in [-0.39, 0.29) is 23.7 Å². The summed E-state index contributed by atoms with van der Waals surface area (Å²) in [4.78, 5) is 12.2. The summed E-state index contributed by atoms with van der Waals surface area (Å²) in [6.07, 6.45) is 2.49. The molecular weight excluding hydrogens is 307 g/mol. The minimum atomic E-state index is -0.330. The fraction of sp³-hybridized carbons (Fsp3) is 0.316. The predicted octanol–water partition coefficient (Wildman–Crippen LogP) is 3.47. The monoisotopic (exact) mass is 328 g/mol. The molecule has 0 radical (unpaired) electrons. The van der Waals surface area contributed by atoms with Crippen LogP contribution in [0, 0.1) is 11.7 Å². The molecular formula is C19H21FN2O2. The molecule has 0 bridgehead atoms. The SMILES string of the molecule is NC1CCC(C(=O)Nc2cccc(COc3cccc(F)c3)c2)C1. The zero-order valence-electron chi connectivity index (χ0n) is 13.4. The number of hydrogen-bond acceptors (Lipinski definition) is 3. The first-order valence-electron chi connectivity index (χ1n) is 8.14. The van der Waals surface area contributed by atoms with Crippen LogP contribution in [0.25, 0.3) is 0 Å². The lowest BCUT2D eigenvalue weighted by molar-refractivity contribution is -0.119. The molecule has 2 atom stereocenters. The van der Waals surface area contributed by atoms with Gasteiger partial charge in [-0.25, -0.2) is 4.39 Å². The zero-order valence-corrected chi connectivity index (χ0v) is 13.4. The normalized spacial score (nSPS) is 19.9. The van der Waals surface area contributed by atoms with Gasteiger partial charge in [0.15, 0.2) is 0 Å². The first-order valence-corrected chi connectivity index (χ1v) is 8.14. The number of ether oxygens (including phenoxy) is 1. The lowest BCUT2D eigenvalue weighted by atomic mass is 10.1. The van der Waals surface area contributed by atoms with Gasteiger partial charge in [0.05, 0.1) is 0 Å². The van der Waals surface area contributed by atoms with Gasteiger partial charge in [-0.3, -0.25) is 4.79 Å². The molecule has 1 aliphatic carbocycles. The summed E-state index contributed by atoms with van der Waals surface area (Å²) in [5.41, 5.74) is 7.50. The molecule has 2 aromatic carbocycles. The Labute approximate surface area is 140 Å². The maximum Gasteiger partial charge on any atom is 0.227 e. The minimum absolute atomic E-state index is 0.00722. The van der Waals surface area contributed by atoms with E-state index in [0.717, 1.165) is 30.5 Å². The Kier molecular flexibility index (Phi) is 5.11. The number of amides is 1. The van der Waals surface area contributed by atoms with Crippen LogP contribution in [0.3, 0.4) is 0 Å². The van der Waals surface area contributed by atoms with Crippen molar-refractivity contribution in [1.82, 2.24) is 0 Å². The number of nitrogens with one attached hydrogen (secondary N) is 1. The smallest absolute Gasteiger partial charge is 0.227 e. The minimum Gasteiger partial charge on any atom is -0.489 e. The van der Waals surface area contributed by atoms with Gasteiger partial charge < -0.3 is 15.8 Å². The van der Waals surface area contributed by atoms with E-state index >= 15 is 0 Å². The Morgan fingerprint density at radius 3 is 2.79 bits per heavy atom. The molecule has 0 saturated heterocycles. The number of rotatable bonds is 5. The second-order valence-electron chi connectivity index (χ2n) is 6.21. The standard InChI is InChI=1S/C19H21FN2O2/c20-15-4-2-6-18(11-15)24-12-13-3-1-5-17(9-13)22-19(23)14-7-8-16(21)10-14/h1-6,9,11,14,16H,7-8,10,12,21H2,(H,22,23). The molecule has 24 heavy (non-hydrogen) atoms. The Balaban J connectivity index is 1.58. The maximum absolute atomic E-state index is 13.1. The van der Waals surface area contributed by atoms with E-state index < -0.39 is 0 Å². The van der Waals surface area contributed by atoms with Crippen molar-refractivity contribution in [2.45, 2.75) is 31.9 Å². The van der Waals surface area contributed by atoms with E-state index in [1.54, 1.807) is 12.1 Å². The van der Waals surface area contributed by atoms with Crippen molar-refractivity contribution in [3.8, 4) is 5.75 Å². The molecule has 0 spiro atoms. The van der Waals surface area contributed by atoms with Gasteiger partial charge in [-0.2, -0.15) is 0 Å². The summed E-state index contributed by atoms with van der Waals surface area (Å²) in [7, 11) is 0. The molecule has 0 aromatic heterocycles.